The van der Waals surface area contributed by atoms with Crippen LogP contribution in [0.2, 0.25) is 0 Å². The van der Waals surface area contributed by atoms with E-state index in [9.17, 15) is 9.59 Å². The highest BCUT2D eigenvalue weighted by atomic mass is 16.3. The lowest BCUT2D eigenvalue weighted by atomic mass is 10.2. The van der Waals surface area contributed by atoms with Gasteiger partial charge in [-0.15, -0.1) is 0 Å². The molecule has 18 heavy (non-hydrogen) atoms. The summed E-state index contributed by atoms with van der Waals surface area (Å²) in [6.07, 6.45) is 1.38. The number of nitrogens with zero attached hydrogens (tertiary/aromatic N) is 1. The molecule has 96 valence electrons. The van der Waals surface area contributed by atoms with Crippen LogP contribution in [-0.4, -0.2) is 34.9 Å². The number of rotatable bonds is 4. The maximum Gasteiger partial charge on any atom is 0.239 e. The maximum atomic E-state index is 11.6. The van der Waals surface area contributed by atoms with Crippen molar-refractivity contribution in [3.05, 3.63) is 29.8 Å². The van der Waals surface area contributed by atoms with Crippen LogP contribution in [-0.2, 0) is 16.1 Å². The van der Waals surface area contributed by atoms with E-state index in [4.69, 9.17) is 5.11 Å². The molecule has 0 unspecified atom stereocenters. The van der Waals surface area contributed by atoms with Gasteiger partial charge in [0.25, 0.3) is 0 Å². The van der Waals surface area contributed by atoms with E-state index in [1.807, 2.05) is 0 Å². The van der Waals surface area contributed by atoms with Crippen LogP contribution in [0.25, 0.3) is 0 Å². The largest absolute Gasteiger partial charge is 0.508 e. The Labute approximate surface area is 105 Å². The predicted octanol–water partition coefficient (Wildman–Crippen LogP) is 0.631. The highest BCUT2D eigenvalue weighted by Crippen LogP contribution is 2.10. The Hall–Kier alpha value is -2.04. The molecular weight excluding hydrogens is 232 g/mol. The van der Waals surface area contributed by atoms with Gasteiger partial charge in [-0.1, -0.05) is 12.1 Å². The second-order valence-corrected chi connectivity index (χ2v) is 4.36. The van der Waals surface area contributed by atoms with Crippen molar-refractivity contribution in [3.63, 3.8) is 0 Å². The smallest absolute Gasteiger partial charge is 0.239 e. The van der Waals surface area contributed by atoms with Gasteiger partial charge < -0.3 is 15.3 Å². The van der Waals surface area contributed by atoms with Crippen LogP contribution in [0.5, 0.6) is 5.75 Å². The lowest BCUT2D eigenvalue weighted by Gasteiger charge is -2.14. The summed E-state index contributed by atoms with van der Waals surface area (Å²) < 4.78 is 0. The molecule has 0 aliphatic carbocycles. The third-order valence-electron chi connectivity index (χ3n) is 2.93. The number of nitrogens with one attached hydrogen (secondary N) is 1. The molecule has 1 aliphatic heterocycles. The fraction of sp³-hybridized carbons (Fsp3) is 0.385. The van der Waals surface area contributed by atoms with Crippen molar-refractivity contribution in [3.8, 4) is 5.75 Å². The van der Waals surface area contributed by atoms with Crippen LogP contribution in [0.1, 0.15) is 18.4 Å². The minimum atomic E-state index is -0.154. The van der Waals surface area contributed by atoms with Gasteiger partial charge in [0, 0.05) is 19.5 Å². The van der Waals surface area contributed by atoms with E-state index < -0.39 is 0 Å². The summed E-state index contributed by atoms with van der Waals surface area (Å²) in [5.41, 5.74) is 0.911. The van der Waals surface area contributed by atoms with Crippen molar-refractivity contribution in [1.82, 2.24) is 10.2 Å². The summed E-state index contributed by atoms with van der Waals surface area (Å²) in [6, 6.07) is 6.64. The number of hydrogen-bond donors (Lipinski definition) is 2. The highest BCUT2D eigenvalue weighted by Gasteiger charge is 2.21. The minimum Gasteiger partial charge on any atom is -0.508 e. The molecule has 5 nitrogen and oxygen atoms in total. The third-order valence-corrected chi connectivity index (χ3v) is 2.93. The van der Waals surface area contributed by atoms with Crippen LogP contribution in [0.3, 0.4) is 0 Å². The molecular formula is C13H16N2O3. The molecule has 2 rings (SSSR count). The van der Waals surface area contributed by atoms with Gasteiger partial charge in [-0.3, -0.25) is 9.59 Å². The van der Waals surface area contributed by atoms with Crippen molar-refractivity contribution in [2.75, 3.05) is 13.1 Å². The molecule has 2 N–H and O–H groups in total. The average Bonchev–Trinajstić information content (AvgIpc) is 2.74. The molecule has 0 aromatic heterocycles. The fourth-order valence-electron chi connectivity index (χ4n) is 1.91. The molecule has 1 aromatic carbocycles. The van der Waals surface area contributed by atoms with Crippen LogP contribution in [0.4, 0.5) is 0 Å². The molecule has 1 aliphatic rings. The first-order valence-corrected chi connectivity index (χ1v) is 5.97. The van der Waals surface area contributed by atoms with Gasteiger partial charge >= 0.3 is 0 Å². The summed E-state index contributed by atoms with van der Waals surface area (Å²) in [5, 5.41) is 11.9. The Bertz CT molecular complexity index is 442. The van der Waals surface area contributed by atoms with Gasteiger partial charge in [-0.25, -0.2) is 0 Å². The van der Waals surface area contributed by atoms with Gasteiger partial charge in [-0.05, 0) is 24.1 Å². The molecule has 2 amide bonds. The molecule has 1 fully saturated rings. The van der Waals surface area contributed by atoms with Gasteiger partial charge in [0.1, 0.15) is 5.75 Å². The minimum absolute atomic E-state index is 0.0507. The van der Waals surface area contributed by atoms with E-state index in [0.29, 0.717) is 19.5 Å². The topological polar surface area (TPSA) is 69.6 Å². The van der Waals surface area contributed by atoms with Crippen LogP contribution >= 0.6 is 0 Å². The van der Waals surface area contributed by atoms with E-state index in [1.165, 1.54) is 0 Å². The summed E-state index contributed by atoms with van der Waals surface area (Å²) in [4.78, 5) is 24.5. The number of carbonyl (C=O) groups is 2. The van der Waals surface area contributed by atoms with Crippen molar-refractivity contribution in [2.24, 2.45) is 0 Å². The van der Waals surface area contributed by atoms with E-state index in [2.05, 4.69) is 5.32 Å². The number of amides is 2. The quantitative estimate of drug-likeness (QED) is 0.821. The normalized spacial score (nSPS) is 14.9. The molecule has 0 radical (unpaired) electrons. The lowest BCUT2D eigenvalue weighted by Crippen LogP contribution is -2.37. The van der Waals surface area contributed by atoms with E-state index >= 15 is 0 Å². The zero-order valence-corrected chi connectivity index (χ0v) is 10.1. The Balaban J connectivity index is 1.78. The number of carbonyl (C=O) groups excluding carboxylic acids is 2. The van der Waals surface area contributed by atoms with Gasteiger partial charge in [0.15, 0.2) is 0 Å². The van der Waals surface area contributed by atoms with Gasteiger partial charge in [-0.2, -0.15) is 0 Å². The molecule has 0 spiro atoms. The predicted molar refractivity (Wildman–Crippen MR) is 65.8 cm³/mol. The number of phenols is 1. The highest BCUT2D eigenvalue weighted by molar-refractivity contribution is 5.85. The monoisotopic (exact) mass is 248 g/mol. The maximum absolute atomic E-state index is 11.6. The van der Waals surface area contributed by atoms with Crippen molar-refractivity contribution in [2.45, 2.75) is 19.4 Å². The molecule has 0 saturated carbocycles. The van der Waals surface area contributed by atoms with Crippen LogP contribution < -0.4 is 5.32 Å². The zero-order valence-electron chi connectivity index (χ0n) is 10.1. The molecule has 1 heterocycles. The van der Waals surface area contributed by atoms with E-state index in [1.54, 1.807) is 29.2 Å². The second-order valence-electron chi connectivity index (χ2n) is 4.36. The average molecular weight is 248 g/mol. The fourth-order valence-corrected chi connectivity index (χ4v) is 1.91. The zero-order chi connectivity index (χ0) is 13.0. The number of benzene rings is 1. The van der Waals surface area contributed by atoms with Crippen molar-refractivity contribution < 1.29 is 14.7 Å². The van der Waals surface area contributed by atoms with Gasteiger partial charge in [0.2, 0.25) is 11.8 Å². The number of phenolic OH excluding ortho intramolecular Hbond substituents is 1. The first-order valence-electron chi connectivity index (χ1n) is 5.97. The first-order chi connectivity index (χ1) is 8.65. The van der Waals surface area contributed by atoms with Gasteiger partial charge in [0.05, 0.1) is 6.54 Å². The Morgan fingerprint density at radius 1 is 1.33 bits per heavy atom. The lowest BCUT2D eigenvalue weighted by molar-refractivity contribution is -0.133. The summed E-state index contributed by atoms with van der Waals surface area (Å²) in [5.74, 6) is 0.0980. The Kier molecular flexibility index (Phi) is 3.82. The molecule has 1 aromatic rings. The van der Waals surface area contributed by atoms with Crippen molar-refractivity contribution in [1.29, 1.82) is 0 Å². The number of likely N-dealkylation sites (tertiary alicyclic amines) is 1. The summed E-state index contributed by atoms with van der Waals surface area (Å²) >= 11 is 0. The third kappa shape index (κ3) is 3.23. The summed E-state index contributed by atoms with van der Waals surface area (Å²) in [6.45, 7) is 1.21. The molecule has 1 saturated heterocycles. The summed E-state index contributed by atoms with van der Waals surface area (Å²) in [7, 11) is 0. The van der Waals surface area contributed by atoms with E-state index in [0.717, 1.165) is 12.0 Å². The van der Waals surface area contributed by atoms with Crippen LogP contribution in [0, 0.1) is 0 Å². The van der Waals surface area contributed by atoms with E-state index in [-0.39, 0.29) is 24.1 Å². The van der Waals surface area contributed by atoms with Crippen LogP contribution in [0.15, 0.2) is 24.3 Å². The van der Waals surface area contributed by atoms with Crippen molar-refractivity contribution >= 4 is 11.8 Å². The Morgan fingerprint density at radius 2 is 2.06 bits per heavy atom. The second kappa shape index (κ2) is 5.53. The molecule has 0 atom stereocenters. The number of aromatic hydroxyl groups is 1. The standard InChI is InChI=1S/C13H16N2O3/c16-11-5-3-10(4-6-11)8-14-12(17)9-15-7-1-2-13(15)18/h3-6,16H,1-2,7-9H2,(H,14,17). The SMILES string of the molecule is O=C(CN1CCCC1=O)NCc1ccc(O)cc1. The number of hydrogen-bond acceptors (Lipinski definition) is 3. The molecule has 5 heteroatoms. The molecule has 0 bridgehead atoms. The Morgan fingerprint density at radius 3 is 2.67 bits per heavy atom. The first kappa shape index (κ1) is 12.4.